The van der Waals surface area contributed by atoms with Gasteiger partial charge in [0.1, 0.15) is 0 Å². The van der Waals surface area contributed by atoms with Crippen molar-refractivity contribution in [3.63, 3.8) is 0 Å². The lowest BCUT2D eigenvalue weighted by Crippen LogP contribution is -2.45. The summed E-state index contributed by atoms with van der Waals surface area (Å²) in [6.07, 6.45) is 1.48. The van der Waals surface area contributed by atoms with Crippen molar-refractivity contribution in [2.45, 2.75) is 32.0 Å². The van der Waals surface area contributed by atoms with Gasteiger partial charge in [-0.2, -0.15) is 0 Å². The molecule has 1 N–H and O–H groups in total. The Morgan fingerprint density at radius 1 is 1.50 bits per heavy atom. The Kier molecular flexibility index (Phi) is 6.37. The summed E-state index contributed by atoms with van der Waals surface area (Å²) in [6.45, 7) is 4.93. The minimum atomic E-state index is -0.187. The Morgan fingerprint density at radius 2 is 2.31 bits per heavy atom. The second-order valence-corrected chi connectivity index (χ2v) is 3.98. The number of esters is 1. The molecule has 0 aromatic carbocycles. The molecule has 2 atom stereocenters. The molecule has 0 aromatic heterocycles. The first-order valence-corrected chi connectivity index (χ1v) is 5.73. The average molecular weight is 231 g/mol. The molecule has 94 valence electrons. The molecule has 0 aromatic rings. The molecule has 1 rings (SSSR count). The lowest BCUT2D eigenvalue weighted by atomic mass is 10.2. The Labute approximate surface area is 96.4 Å². The van der Waals surface area contributed by atoms with Gasteiger partial charge in [0.2, 0.25) is 0 Å². The fourth-order valence-electron chi connectivity index (χ4n) is 1.61. The largest absolute Gasteiger partial charge is 0.469 e. The highest BCUT2D eigenvalue weighted by Crippen LogP contribution is 2.04. The third-order valence-corrected chi connectivity index (χ3v) is 2.43. The molecule has 0 bridgehead atoms. The van der Waals surface area contributed by atoms with E-state index in [1.54, 1.807) is 0 Å². The van der Waals surface area contributed by atoms with Crippen molar-refractivity contribution in [2.75, 3.05) is 33.4 Å². The molecule has 0 saturated carbocycles. The van der Waals surface area contributed by atoms with Crippen LogP contribution in [0.4, 0.5) is 0 Å². The zero-order valence-corrected chi connectivity index (χ0v) is 10.0. The van der Waals surface area contributed by atoms with Crippen LogP contribution in [0.3, 0.4) is 0 Å². The van der Waals surface area contributed by atoms with Crippen LogP contribution in [0.1, 0.15) is 19.8 Å². The quantitative estimate of drug-likeness (QED) is 0.527. The van der Waals surface area contributed by atoms with Crippen molar-refractivity contribution < 1.29 is 19.0 Å². The monoisotopic (exact) mass is 231 g/mol. The molecule has 1 fully saturated rings. The number of carbonyl (C=O) groups excluding carboxylic acids is 1. The highest BCUT2D eigenvalue weighted by molar-refractivity contribution is 5.68. The van der Waals surface area contributed by atoms with E-state index in [4.69, 9.17) is 9.47 Å². The molecule has 0 aliphatic carbocycles. The van der Waals surface area contributed by atoms with E-state index in [0.717, 1.165) is 13.1 Å². The Morgan fingerprint density at radius 3 is 3.00 bits per heavy atom. The fourth-order valence-corrected chi connectivity index (χ4v) is 1.61. The Balaban J connectivity index is 1.96. The number of ether oxygens (including phenoxy) is 3. The molecule has 2 unspecified atom stereocenters. The van der Waals surface area contributed by atoms with Gasteiger partial charge in [0.15, 0.2) is 0 Å². The van der Waals surface area contributed by atoms with E-state index in [9.17, 15) is 4.79 Å². The summed E-state index contributed by atoms with van der Waals surface area (Å²) in [5, 5.41) is 3.27. The van der Waals surface area contributed by atoms with Crippen LogP contribution >= 0.6 is 0 Å². The summed E-state index contributed by atoms with van der Waals surface area (Å²) < 4.78 is 15.6. The molecule has 5 nitrogen and oxygen atoms in total. The molecule has 1 aliphatic heterocycles. The maximum absolute atomic E-state index is 10.8. The van der Waals surface area contributed by atoms with Gasteiger partial charge in [-0.15, -0.1) is 0 Å². The number of nitrogens with one attached hydrogen (secondary N) is 1. The topological polar surface area (TPSA) is 56.8 Å². The minimum absolute atomic E-state index is 0.127. The number of rotatable bonds is 6. The lowest BCUT2D eigenvalue weighted by Gasteiger charge is -2.28. The van der Waals surface area contributed by atoms with Crippen molar-refractivity contribution >= 4 is 5.97 Å². The predicted molar refractivity (Wildman–Crippen MR) is 59.3 cm³/mol. The second kappa shape index (κ2) is 7.60. The zero-order chi connectivity index (χ0) is 11.8. The van der Waals surface area contributed by atoms with Crippen LogP contribution < -0.4 is 5.32 Å². The van der Waals surface area contributed by atoms with E-state index in [2.05, 4.69) is 10.1 Å². The van der Waals surface area contributed by atoms with Gasteiger partial charge >= 0.3 is 5.97 Å². The molecule has 0 spiro atoms. The first kappa shape index (κ1) is 13.4. The molecule has 16 heavy (non-hydrogen) atoms. The summed E-state index contributed by atoms with van der Waals surface area (Å²) in [7, 11) is 1.39. The summed E-state index contributed by atoms with van der Waals surface area (Å²) >= 11 is 0. The van der Waals surface area contributed by atoms with Crippen molar-refractivity contribution in [1.82, 2.24) is 5.32 Å². The van der Waals surface area contributed by atoms with E-state index >= 15 is 0 Å². The normalized spacial score (nSPS) is 25.4. The van der Waals surface area contributed by atoms with Crippen LogP contribution in [0, 0.1) is 0 Å². The third kappa shape index (κ3) is 5.44. The number of hydrogen-bond acceptors (Lipinski definition) is 5. The van der Waals surface area contributed by atoms with Crippen molar-refractivity contribution in [3.05, 3.63) is 0 Å². The highest BCUT2D eigenvalue weighted by Gasteiger charge is 2.18. The van der Waals surface area contributed by atoms with E-state index in [0.29, 0.717) is 26.1 Å². The van der Waals surface area contributed by atoms with Crippen LogP contribution in [0.15, 0.2) is 0 Å². The Hall–Kier alpha value is -0.650. The summed E-state index contributed by atoms with van der Waals surface area (Å²) in [5.41, 5.74) is 0. The fraction of sp³-hybridized carbons (Fsp3) is 0.909. The minimum Gasteiger partial charge on any atom is -0.469 e. The van der Waals surface area contributed by atoms with Gasteiger partial charge in [-0.25, -0.2) is 0 Å². The van der Waals surface area contributed by atoms with E-state index in [1.165, 1.54) is 7.11 Å². The molecule has 0 amide bonds. The molecule has 1 saturated heterocycles. The van der Waals surface area contributed by atoms with Gasteiger partial charge < -0.3 is 19.5 Å². The average Bonchev–Trinajstić information content (AvgIpc) is 2.28. The van der Waals surface area contributed by atoms with E-state index in [1.807, 2.05) is 6.92 Å². The van der Waals surface area contributed by atoms with Crippen LogP contribution in [0.5, 0.6) is 0 Å². The molecule has 1 heterocycles. The first-order valence-electron chi connectivity index (χ1n) is 5.73. The molecular weight excluding hydrogens is 210 g/mol. The van der Waals surface area contributed by atoms with Crippen molar-refractivity contribution in [2.24, 2.45) is 0 Å². The SMILES string of the molecule is COC(=O)CCCOCC1CNCC(C)O1. The summed E-state index contributed by atoms with van der Waals surface area (Å²) in [6, 6.07) is 0. The van der Waals surface area contributed by atoms with Crippen LogP contribution in [-0.2, 0) is 19.0 Å². The second-order valence-electron chi connectivity index (χ2n) is 3.98. The molecular formula is C11H21NO4. The van der Waals surface area contributed by atoms with Gasteiger partial charge in [0.05, 0.1) is 25.9 Å². The molecule has 1 aliphatic rings. The summed E-state index contributed by atoms with van der Waals surface area (Å²) in [4.78, 5) is 10.8. The van der Waals surface area contributed by atoms with Gasteiger partial charge in [0, 0.05) is 26.1 Å². The number of carbonyl (C=O) groups is 1. The molecule has 5 heteroatoms. The van der Waals surface area contributed by atoms with Gasteiger partial charge in [-0.1, -0.05) is 0 Å². The van der Waals surface area contributed by atoms with E-state index in [-0.39, 0.29) is 18.2 Å². The standard InChI is InChI=1S/C11H21NO4/c1-9-6-12-7-10(16-9)8-15-5-3-4-11(13)14-2/h9-10,12H,3-8H2,1-2H3. The Bertz CT molecular complexity index is 210. The number of methoxy groups -OCH3 is 1. The van der Waals surface area contributed by atoms with Gasteiger partial charge in [-0.05, 0) is 13.3 Å². The maximum atomic E-state index is 10.8. The number of morpholine rings is 1. The van der Waals surface area contributed by atoms with Crippen molar-refractivity contribution in [3.8, 4) is 0 Å². The first-order chi connectivity index (χ1) is 7.72. The van der Waals surface area contributed by atoms with E-state index < -0.39 is 0 Å². The van der Waals surface area contributed by atoms with Crippen LogP contribution in [0.2, 0.25) is 0 Å². The molecule has 0 radical (unpaired) electrons. The predicted octanol–water partition coefficient (Wildman–Crippen LogP) is 0.333. The smallest absolute Gasteiger partial charge is 0.305 e. The maximum Gasteiger partial charge on any atom is 0.305 e. The third-order valence-electron chi connectivity index (χ3n) is 2.43. The van der Waals surface area contributed by atoms with Gasteiger partial charge in [0.25, 0.3) is 0 Å². The zero-order valence-electron chi connectivity index (χ0n) is 10.0. The van der Waals surface area contributed by atoms with Crippen molar-refractivity contribution in [1.29, 1.82) is 0 Å². The number of hydrogen-bond donors (Lipinski definition) is 1. The highest BCUT2D eigenvalue weighted by atomic mass is 16.5. The van der Waals surface area contributed by atoms with Crippen LogP contribution in [0.25, 0.3) is 0 Å². The van der Waals surface area contributed by atoms with Gasteiger partial charge in [-0.3, -0.25) is 4.79 Å². The summed E-state index contributed by atoms with van der Waals surface area (Å²) in [5.74, 6) is -0.187. The van der Waals surface area contributed by atoms with Crippen LogP contribution in [-0.4, -0.2) is 51.6 Å². The lowest BCUT2D eigenvalue weighted by molar-refractivity contribution is -0.141.